The number of benzene rings is 1. The standard InChI is InChI=1S/C21H23N5O3/c1-4-29-21(28)16-10-26-18(13(16)3)19(22-11-23-26)25-17-9-14(6-5-12(17)2)20(27)24-15-7-8-15/h5-6,9-11,15H,4,7-8H2,1-3H3,(H,24,27)(H,22,23,25). The molecule has 0 bridgehead atoms. The Labute approximate surface area is 168 Å². The summed E-state index contributed by atoms with van der Waals surface area (Å²) < 4.78 is 6.74. The van der Waals surface area contributed by atoms with E-state index in [4.69, 9.17) is 4.74 Å². The lowest BCUT2D eigenvalue weighted by Crippen LogP contribution is -2.25. The molecule has 1 fully saturated rings. The molecular formula is C21H23N5O3. The molecule has 3 aromatic rings. The molecule has 0 radical (unpaired) electrons. The summed E-state index contributed by atoms with van der Waals surface area (Å²) in [7, 11) is 0. The summed E-state index contributed by atoms with van der Waals surface area (Å²) >= 11 is 0. The number of hydrogen-bond acceptors (Lipinski definition) is 6. The van der Waals surface area contributed by atoms with Crippen LogP contribution in [-0.2, 0) is 4.74 Å². The number of carbonyl (C=O) groups excluding carboxylic acids is 2. The molecule has 0 spiro atoms. The molecule has 1 saturated carbocycles. The number of ether oxygens (including phenoxy) is 1. The Morgan fingerprint density at radius 3 is 2.79 bits per heavy atom. The molecule has 8 heteroatoms. The predicted molar refractivity (Wildman–Crippen MR) is 109 cm³/mol. The summed E-state index contributed by atoms with van der Waals surface area (Å²) in [5.41, 5.74) is 4.19. The van der Waals surface area contributed by atoms with Crippen molar-refractivity contribution in [3.63, 3.8) is 0 Å². The van der Waals surface area contributed by atoms with Crippen LogP contribution in [0.3, 0.4) is 0 Å². The zero-order valence-electron chi connectivity index (χ0n) is 16.7. The van der Waals surface area contributed by atoms with Gasteiger partial charge in [-0.15, -0.1) is 0 Å². The van der Waals surface area contributed by atoms with E-state index >= 15 is 0 Å². The third-order valence-corrected chi connectivity index (χ3v) is 4.99. The van der Waals surface area contributed by atoms with Crippen molar-refractivity contribution in [3.05, 3.63) is 53.0 Å². The van der Waals surface area contributed by atoms with Crippen molar-refractivity contribution in [1.29, 1.82) is 0 Å². The van der Waals surface area contributed by atoms with Crippen LogP contribution in [0, 0.1) is 13.8 Å². The van der Waals surface area contributed by atoms with E-state index < -0.39 is 5.97 Å². The van der Waals surface area contributed by atoms with Crippen LogP contribution in [0.25, 0.3) is 5.52 Å². The fraction of sp³-hybridized carbons (Fsp3) is 0.333. The molecule has 1 aromatic carbocycles. The van der Waals surface area contributed by atoms with Gasteiger partial charge in [0, 0.05) is 23.5 Å². The molecule has 29 heavy (non-hydrogen) atoms. The summed E-state index contributed by atoms with van der Waals surface area (Å²) in [4.78, 5) is 29.0. The van der Waals surface area contributed by atoms with Gasteiger partial charge in [0.25, 0.3) is 5.91 Å². The van der Waals surface area contributed by atoms with Gasteiger partial charge in [-0.1, -0.05) is 6.07 Å². The Morgan fingerprint density at radius 2 is 2.07 bits per heavy atom. The van der Waals surface area contributed by atoms with Gasteiger partial charge in [-0.3, -0.25) is 4.79 Å². The zero-order valence-corrected chi connectivity index (χ0v) is 16.7. The topological polar surface area (TPSA) is 97.6 Å². The van der Waals surface area contributed by atoms with Gasteiger partial charge in [0.15, 0.2) is 5.82 Å². The van der Waals surface area contributed by atoms with Gasteiger partial charge in [-0.25, -0.2) is 14.3 Å². The Hall–Kier alpha value is -3.42. The summed E-state index contributed by atoms with van der Waals surface area (Å²) in [6.45, 7) is 5.86. The first-order valence-corrected chi connectivity index (χ1v) is 9.66. The minimum atomic E-state index is -0.392. The summed E-state index contributed by atoms with van der Waals surface area (Å²) in [6.07, 6.45) is 5.14. The highest BCUT2D eigenvalue weighted by Gasteiger charge is 2.24. The van der Waals surface area contributed by atoms with E-state index in [2.05, 4.69) is 20.7 Å². The number of carbonyl (C=O) groups is 2. The Bertz CT molecular complexity index is 1100. The molecular weight excluding hydrogens is 370 g/mol. The Balaban J connectivity index is 1.69. The van der Waals surface area contributed by atoms with Crippen LogP contribution in [0.4, 0.5) is 11.5 Å². The average molecular weight is 393 g/mol. The maximum Gasteiger partial charge on any atom is 0.340 e. The third-order valence-electron chi connectivity index (χ3n) is 4.99. The molecule has 2 N–H and O–H groups in total. The third kappa shape index (κ3) is 3.78. The molecule has 0 saturated heterocycles. The molecule has 1 aliphatic carbocycles. The number of aromatic nitrogens is 3. The lowest BCUT2D eigenvalue weighted by Gasteiger charge is -2.12. The molecule has 0 unspecified atom stereocenters. The highest BCUT2D eigenvalue weighted by Crippen LogP contribution is 2.28. The Morgan fingerprint density at radius 1 is 1.28 bits per heavy atom. The zero-order chi connectivity index (χ0) is 20.5. The van der Waals surface area contributed by atoms with E-state index in [0.29, 0.717) is 35.1 Å². The largest absolute Gasteiger partial charge is 0.462 e. The van der Waals surface area contributed by atoms with Gasteiger partial charge in [0.05, 0.1) is 12.2 Å². The fourth-order valence-corrected chi connectivity index (χ4v) is 3.19. The highest BCUT2D eigenvalue weighted by atomic mass is 16.5. The minimum absolute atomic E-state index is 0.0770. The first-order valence-electron chi connectivity index (χ1n) is 9.66. The van der Waals surface area contributed by atoms with Gasteiger partial charge in [0.1, 0.15) is 11.8 Å². The van der Waals surface area contributed by atoms with Crippen molar-refractivity contribution in [3.8, 4) is 0 Å². The second kappa shape index (κ2) is 7.54. The van der Waals surface area contributed by atoms with E-state index in [-0.39, 0.29) is 5.91 Å². The van der Waals surface area contributed by atoms with E-state index in [1.807, 2.05) is 32.0 Å². The van der Waals surface area contributed by atoms with E-state index in [9.17, 15) is 9.59 Å². The van der Waals surface area contributed by atoms with Crippen molar-refractivity contribution in [2.45, 2.75) is 39.7 Å². The molecule has 4 rings (SSSR count). The average Bonchev–Trinajstić information content (AvgIpc) is 3.44. The molecule has 8 nitrogen and oxygen atoms in total. The SMILES string of the molecule is CCOC(=O)c1cn2ncnc(Nc3cc(C(=O)NC4CC4)ccc3C)c2c1C. The van der Waals surface area contributed by atoms with Crippen molar-refractivity contribution in [1.82, 2.24) is 19.9 Å². The predicted octanol–water partition coefficient (Wildman–Crippen LogP) is 3.16. The maximum absolute atomic E-state index is 12.4. The molecule has 1 amide bonds. The maximum atomic E-state index is 12.4. The summed E-state index contributed by atoms with van der Waals surface area (Å²) in [5, 5.41) is 10.5. The molecule has 2 aromatic heterocycles. The lowest BCUT2D eigenvalue weighted by molar-refractivity contribution is 0.0525. The van der Waals surface area contributed by atoms with Gasteiger partial charge >= 0.3 is 5.97 Å². The molecule has 0 atom stereocenters. The molecule has 0 aliphatic heterocycles. The molecule has 2 heterocycles. The van der Waals surface area contributed by atoms with Crippen molar-refractivity contribution in [2.75, 3.05) is 11.9 Å². The molecule has 150 valence electrons. The van der Waals surface area contributed by atoms with Crippen LogP contribution in [0.15, 0.2) is 30.7 Å². The van der Waals surface area contributed by atoms with Crippen LogP contribution in [-0.4, -0.2) is 39.1 Å². The van der Waals surface area contributed by atoms with Crippen LogP contribution in [0.2, 0.25) is 0 Å². The van der Waals surface area contributed by atoms with Crippen LogP contribution in [0.5, 0.6) is 0 Å². The number of anilines is 2. The fourth-order valence-electron chi connectivity index (χ4n) is 3.19. The smallest absolute Gasteiger partial charge is 0.340 e. The second-order valence-electron chi connectivity index (χ2n) is 7.19. The van der Waals surface area contributed by atoms with Crippen LogP contribution >= 0.6 is 0 Å². The van der Waals surface area contributed by atoms with Crippen LogP contribution in [0.1, 0.15) is 51.6 Å². The summed E-state index contributed by atoms with van der Waals surface area (Å²) in [6, 6.07) is 5.83. The van der Waals surface area contributed by atoms with Gasteiger partial charge in [-0.2, -0.15) is 5.10 Å². The number of nitrogens with one attached hydrogen (secondary N) is 2. The van der Waals surface area contributed by atoms with Crippen molar-refractivity contribution < 1.29 is 14.3 Å². The van der Waals surface area contributed by atoms with E-state index in [1.165, 1.54) is 6.33 Å². The van der Waals surface area contributed by atoms with Gasteiger partial charge < -0.3 is 15.4 Å². The number of hydrogen-bond donors (Lipinski definition) is 2. The Kier molecular flexibility index (Phi) is 4.92. The van der Waals surface area contributed by atoms with Gasteiger partial charge in [0.2, 0.25) is 0 Å². The number of fused-ring (bicyclic) bond motifs is 1. The van der Waals surface area contributed by atoms with Crippen molar-refractivity contribution >= 4 is 28.9 Å². The molecule has 1 aliphatic rings. The first kappa shape index (κ1) is 18.9. The van der Waals surface area contributed by atoms with Crippen LogP contribution < -0.4 is 10.6 Å². The lowest BCUT2D eigenvalue weighted by atomic mass is 10.1. The van der Waals surface area contributed by atoms with E-state index in [0.717, 1.165) is 29.7 Å². The monoisotopic (exact) mass is 393 g/mol. The number of nitrogens with zero attached hydrogens (tertiary/aromatic N) is 3. The number of esters is 1. The van der Waals surface area contributed by atoms with Crippen molar-refractivity contribution in [2.24, 2.45) is 0 Å². The highest BCUT2D eigenvalue weighted by molar-refractivity contribution is 5.97. The quantitative estimate of drug-likeness (QED) is 0.625. The first-order chi connectivity index (χ1) is 14.0. The van der Waals surface area contributed by atoms with Gasteiger partial charge in [-0.05, 0) is 56.9 Å². The number of aryl methyl sites for hydroxylation is 2. The minimum Gasteiger partial charge on any atom is -0.462 e. The normalized spacial score (nSPS) is 13.3. The second-order valence-corrected chi connectivity index (χ2v) is 7.19. The van der Waals surface area contributed by atoms with E-state index in [1.54, 1.807) is 17.6 Å². The number of amides is 1. The number of rotatable bonds is 6. The summed E-state index contributed by atoms with van der Waals surface area (Å²) in [5.74, 6) is 0.0825.